The van der Waals surface area contributed by atoms with Gasteiger partial charge in [-0.25, -0.2) is 0 Å². The van der Waals surface area contributed by atoms with E-state index in [-0.39, 0.29) is 27.9 Å². The van der Waals surface area contributed by atoms with Crippen molar-refractivity contribution in [1.29, 1.82) is 0 Å². The predicted octanol–water partition coefficient (Wildman–Crippen LogP) is 5.71. The molecule has 0 nitrogen and oxygen atoms in total. The Kier molecular flexibility index (Phi) is 6.81. The molecule has 3 rings (SSSR count). The Balaban J connectivity index is 0.00000121. The number of hydrogen-bond donors (Lipinski definition) is 0. The van der Waals surface area contributed by atoms with Gasteiger partial charge in [0.2, 0.25) is 0 Å². The van der Waals surface area contributed by atoms with Crippen molar-refractivity contribution >= 4 is 34.1 Å². The maximum atomic E-state index is 2.52. The van der Waals surface area contributed by atoms with Gasteiger partial charge in [-0.15, -0.1) is 24.8 Å². The van der Waals surface area contributed by atoms with Gasteiger partial charge in [0, 0.05) is 0 Å². The Bertz CT molecular complexity index is 691. The van der Waals surface area contributed by atoms with Crippen molar-refractivity contribution in [1.82, 2.24) is 0 Å². The maximum Gasteiger partial charge on any atom is -0.147 e. The smallest absolute Gasteiger partial charge is 0.147 e. The summed E-state index contributed by atoms with van der Waals surface area (Å²) in [6.07, 6.45) is 8.42. The molecule has 117 valence electrons. The third-order valence-electron chi connectivity index (χ3n) is 4.48. The molecule has 1 unspecified atom stereocenters. The predicted molar refractivity (Wildman–Crippen MR) is 99.1 cm³/mol. The van der Waals surface area contributed by atoms with Crippen LogP contribution in [-0.4, -0.2) is 3.21 Å². The minimum Gasteiger partial charge on any atom is -0.147 e. The van der Waals surface area contributed by atoms with E-state index in [1.807, 2.05) is 0 Å². The Labute approximate surface area is 157 Å². The topological polar surface area (TPSA) is 0 Å². The Hall–Kier alpha value is -0.227. The molecular weight excluding hydrogens is 390 g/mol. The van der Waals surface area contributed by atoms with Crippen LogP contribution in [0.25, 0.3) is 6.08 Å². The first-order valence-electron chi connectivity index (χ1n) is 7.29. The Morgan fingerprint density at radius 2 is 1.77 bits per heavy atom. The van der Waals surface area contributed by atoms with Crippen LogP contribution < -0.4 is 0 Å². The first kappa shape index (κ1) is 19.8. The molecule has 1 aromatic carbocycles. The summed E-state index contributed by atoms with van der Waals surface area (Å²) in [6.45, 7) is 9.23. The van der Waals surface area contributed by atoms with E-state index in [1.165, 1.54) is 16.7 Å². The molecule has 22 heavy (non-hydrogen) atoms. The number of halogens is 2. The zero-order valence-electron chi connectivity index (χ0n) is 13.6. The molecule has 0 saturated carbocycles. The van der Waals surface area contributed by atoms with E-state index in [2.05, 4.69) is 70.2 Å². The van der Waals surface area contributed by atoms with Crippen molar-refractivity contribution in [2.24, 2.45) is 0 Å². The van der Waals surface area contributed by atoms with E-state index >= 15 is 0 Å². The molecule has 0 aliphatic heterocycles. The Morgan fingerprint density at radius 1 is 1.09 bits per heavy atom. The van der Waals surface area contributed by atoms with Gasteiger partial charge in [-0.05, 0) is 0 Å². The normalized spacial score (nSPS) is 21.5. The quantitative estimate of drug-likeness (QED) is 0.582. The third-order valence-corrected chi connectivity index (χ3v) is 8.49. The van der Waals surface area contributed by atoms with Crippen LogP contribution in [0.2, 0.25) is 0 Å². The van der Waals surface area contributed by atoms with Crippen molar-refractivity contribution in [2.75, 3.05) is 0 Å². The van der Waals surface area contributed by atoms with Crippen LogP contribution in [0, 0.1) is 0 Å². The number of hydrogen-bond acceptors (Lipinski definition) is 0. The average molecular weight is 414 g/mol. The second kappa shape index (κ2) is 7.56. The molecular formula is C19H23Cl2Zr. The fourth-order valence-electron chi connectivity index (χ4n) is 3.40. The van der Waals surface area contributed by atoms with Crippen LogP contribution in [-0.2, 0) is 25.9 Å². The van der Waals surface area contributed by atoms with Gasteiger partial charge in [0.15, 0.2) is 0 Å². The second-order valence-corrected chi connectivity index (χ2v) is 11.1. The van der Waals surface area contributed by atoms with E-state index in [0.29, 0.717) is 0 Å². The standard InChI is InChI=1S/C16H15.C3H6.2ClH.Zr/c1-11-7-9-14(12(11)2)16-10-8-13-5-3-4-6-15(13)16;1-3-2;;;/h3-8,10H,9H2,1-2H3;1-2H3;2*1H;. The fourth-order valence-corrected chi connectivity index (χ4v) is 7.73. The van der Waals surface area contributed by atoms with Gasteiger partial charge in [0.25, 0.3) is 0 Å². The van der Waals surface area contributed by atoms with Gasteiger partial charge < -0.3 is 0 Å². The molecule has 2 aliphatic rings. The molecule has 3 heteroatoms. The number of rotatable bonds is 2. The number of benzene rings is 1. The summed E-state index contributed by atoms with van der Waals surface area (Å²) in [5.41, 5.74) is 7.67. The summed E-state index contributed by atoms with van der Waals surface area (Å²) < 4.78 is 1.93. The third kappa shape index (κ3) is 3.19. The molecule has 0 spiro atoms. The molecule has 0 amide bonds. The zero-order valence-corrected chi connectivity index (χ0v) is 17.7. The maximum absolute atomic E-state index is 2.52. The van der Waals surface area contributed by atoms with Crippen LogP contribution >= 0.6 is 24.8 Å². The van der Waals surface area contributed by atoms with Gasteiger partial charge in [0.1, 0.15) is 0 Å². The first-order valence-corrected chi connectivity index (χ1v) is 9.75. The molecule has 1 aromatic rings. The van der Waals surface area contributed by atoms with Gasteiger partial charge in [-0.2, -0.15) is 0 Å². The first-order chi connectivity index (χ1) is 9.54. The van der Waals surface area contributed by atoms with Crippen LogP contribution in [0.5, 0.6) is 0 Å². The monoisotopic (exact) mass is 411 g/mol. The zero-order chi connectivity index (χ0) is 14.3. The molecule has 0 N–H and O–H groups in total. The fraction of sp³-hybridized carbons (Fsp3) is 0.316. The van der Waals surface area contributed by atoms with Gasteiger partial charge >= 0.3 is 134 Å². The van der Waals surface area contributed by atoms with E-state index in [1.54, 1.807) is 14.3 Å². The summed E-state index contributed by atoms with van der Waals surface area (Å²) in [6, 6.07) is 8.98. The van der Waals surface area contributed by atoms with Crippen LogP contribution in [0.1, 0.15) is 45.2 Å². The molecule has 0 aromatic heterocycles. The summed E-state index contributed by atoms with van der Waals surface area (Å²) in [4.78, 5) is 0. The number of fused-ring (bicyclic) bond motifs is 1. The van der Waals surface area contributed by atoms with Crippen molar-refractivity contribution in [3.05, 3.63) is 64.3 Å². The molecule has 0 fully saturated rings. The summed E-state index contributed by atoms with van der Waals surface area (Å²) in [7, 11) is 0. The van der Waals surface area contributed by atoms with Gasteiger partial charge in [0.05, 0.1) is 0 Å². The molecule has 0 bridgehead atoms. The molecule has 0 saturated heterocycles. The van der Waals surface area contributed by atoms with E-state index in [9.17, 15) is 0 Å². The van der Waals surface area contributed by atoms with E-state index in [0.717, 1.165) is 6.42 Å². The SMILES string of the molecule is CC1=CCC([C]2([Zr]=[C](C)C)C=Cc3ccccc32)=C1C.Cl.Cl. The van der Waals surface area contributed by atoms with Crippen molar-refractivity contribution in [3.63, 3.8) is 0 Å². The van der Waals surface area contributed by atoms with Crippen molar-refractivity contribution in [3.8, 4) is 0 Å². The number of allylic oxidation sites excluding steroid dienone is 5. The van der Waals surface area contributed by atoms with Crippen LogP contribution in [0.4, 0.5) is 0 Å². The van der Waals surface area contributed by atoms with Crippen molar-refractivity contribution in [2.45, 2.75) is 37.2 Å². The van der Waals surface area contributed by atoms with E-state index < -0.39 is 22.8 Å². The van der Waals surface area contributed by atoms with Gasteiger partial charge in [-0.1, -0.05) is 0 Å². The molecule has 0 radical (unpaired) electrons. The van der Waals surface area contributed by atoms with Crippen LogP contribution in [0.3, 0.4) is 0 Å². The summed E-state index contributed by atoms with van der Waals surface area (Å²) in [5, 5.41) is 0. The summed E-state index contributed by atoms with van der Waals surface area (Å²) in [5.74, 6) is 0. The summed E-state index contributed by atoms with van der Waals surface area (Å²) >= 11 is -0.665. The minimum atomic E-state index is -0.665. The molecule has 0 heterocycles. The molecule has 2 aliphatic carbocycles. The van der Waals surface area contributed by atoms with Crippen LogP contribution in [0.15, 0.2) is 53.1 Å². The van der Waals surface area contributed by atoms with E-state index in [4.69, 9.17) is 0 Å². The van der Waals surface area contributed by atoms with Gasteiger partial charge in [-0.3, -0.25) is 0 Å². The van der Waals surface area contributed by atoms with Crippen molar-refractivity contribution < 1.29 is 22.8 Å². The largest absolute Gasteiger partial charge is 0.147 e. The minimum absolute atomic E-state index is 0. The Morgan fingerprint density at radius 3 is 2.36 bits per heavy atom. The molecule has 1 atom stereocenters. The second-order valence-electron chi connectivity index (χ2n) is 6.05. The average Bonchev–Trinajstić information content (AvgIpc) is 2.93.